The summed E-state index contributed by atoms with van der Waals surface area (Å²) in [4.78, 5) is 8.83. The Balaban J connectivity index is 1.71. The van der Waals surface area contributed by atoms with Crippen LogP contribution in [-0.4, -0.2) is 32.0 Å². The van der Waals surface area contributed by atoms with Gasteiger partial charge < -0.3 is 15.2 Å². The Morgan fingerprint density at radius 3 is 2.68 bits per heavy atom. The molecule has 0 aliphatic carbocycles. The molecule has 0 unspecified atom stereocenters. The van der Waals surface area contributed by atoms with Gasteiger partial charge in [0.2, 0.25) is 5.95 Å². The molecule has 0 spiro atoms. The van der Waals surface area contributed by atoms with Gasteiger partial charge in [-0.15, -0.1) is 0 Å². The molecule has 7 nitrogen and oxygen atoms in total. The van der Waals surface area contributed by atoms with E-state index < -0.39 is 0 Å². The van der Waals surface area contributed by atoms with Gasteiger partial charge in [0, 0.05) is 18.0 Å². The maximum Gasteiger partial charge on any atom is 0.229 e. The van der Waals surface area contributed by atoms with Crippen molar-refractivity contribution < 1.29 is 9.84 Å². The zero-order valence-corrected chi connectivity index (χ0v) is 13.4. The Labute approximate surface area is 143 Å². The van der Waals surface area contributed by atoms with Crippen molar-refractivity contribution in [2.75, 3.05) is 12.4 Å². The van der Waals surface area contributed by atoms with Gasteiger partial charge in [0.15, 0.2) is 5.65 Å². The van der Waals surface area contributed by atoms with Crippen molar-refractivity contribution in [1.29, 1.82) is 0 Å². The van der Waals surface area contributed by atoms with Crippen LogP contribution in [0, 0.1) is 0 Å². The van der Waals surface area contributed by atoms with E-state index in [2.05, 4.69) is 20.4 Å². The first-order valence-electron chi connectivity index (χ1n) is 7.64. The lowest BCUT2D eigenvalue weighted by atomic mass is 10.3. The van der Waals surface area contributed by atoms with Gasteiger partial charge in [-0.25, -0.2) is 9.67 Å². The average molecular weight is 333 g/mol. The number of nitrogens with zero attached hydrogens (tertiary/aromatic N) is 4. The molecule has 0 aliphatic heterocycles. The van der Waals surface area contributed by atoms with Crippen molar-refractivity contribution in [3.8, 4) is 17.2 Å². The molecule has 0 fully saturated rings. The van der Waals surface area contributed by atoms with Crippen molar-refractivity contribution in [3.05, 3.63) is 60.9 Å². The fourth-order valence-corrected chi connectivity index (χ4v) is 2.50. The number of ether oxygens (including phenoxy) is 1. The van der Waals surface area contributed by atoms with Crippen LogP contribution < -0.4 is 10.1 Å². The van der Waals surface area contributed by atoms with Gasteiger partial charge in [0.25, 0.3) is 0 Å². The number of aromatic hydroxyl groups is 1. The lowest BCUT2D eigenvalue weighted by Gasteiger charge is -2.07. The molecule has 0 amide bonds. The van der Waals surface area contributed by atoms with Crippen molar-refractivity contribution in [2.45, 2.75) is 0 Å². The fourth-order valence-electron chi connectivity index (χ4n) is 2.50. The predicted molar refractivity (Wildman–Crippen MR) is 94.6 cm³/mol. The summed E-state index contributed by atoms with van der Waals surface area (Å²) in [7, 11) is 1.63. The summed E-state index contributed by atoms with van der Waals surface area (Å²) in [5, 5.41) is 17.9. The first-order valence-corrected chi connectivity index (χ1v) is 7.64. The van der Waals surface area contributed by atoms with E-state index >= 15 is 0 Å². The molecule has 2 heterocycles. The van der Waals surface area contributed by atoms with Crippen molar-refractivity contribution in [2.24, 2.45) is 0 Å². The number of phenolic OH excluding ortho intramolecular Hbond substituents is 1. The topological polar surface area (TPSA) is 85.1 Å². The summed E-state index contributed by atoms with van der Waals surface area (Å²) in [6.45, 7) is 0. The monoisotopic (exact) mass is 333 g/mol. The molecule has 0 saturated carbocycles. The Bertz CT molecular complexity index is 1030. The van der Waals surface area contributed by atoms with Crippen LogP contribution in [0.5, 0.6) is 11.5 Å². The molecule has 0 radical (unpaired) electrons. The highest BCUT2D eigenvalue weighted by Gasteiger charge is 2.09. The Morgan fingerprint density at radius 1 is 1.08 bits per heavy atom. The summed E-state index contributed by atoms with van der Waals surface area (Å²) in [6.07, 6.45) is 3.43. The molecule has 4 rings (SSSR count). The summed E-state index contributed by atoms with van der Waals surface area (Å²) < 4.78 is 6.92. The smallest absolute Gasteiger partial charge is 0.229 e. The molecule has 2 aromatic carbocycles. The highest BCUT2D eigenvalue weighted by atomic mass is 16.5. The second-order valence-corrected chi connectivity index (χ2v) is 5.40. The average Bonchev–Trinajstić information content (AvgIpc) is 3.05. The minimum absolute atomic E-state index is 0.175. The van der Waals surface area contributed by atoms with Crippen LogP contribution in [0.4, 0.5) is 11.6 Å². The standard InChI is InChI=1S/C18H15N5O2/c1-25-16-7-5-14(6-8-16)23-17-12(11-20-23)10-19-18(22-17)21-13-3-2-4-15(24)9-13/h2-11,24H,1H3,(H,19,21,22). The lowest BCUT2D eigenvalue weighted by Crippen LogP contribution is -2.01. The molecule has 7 heteroatoms. The SMILES string of the molecule is COc1ccc(-n2ncc3cnc(Nc4cccc(O)c4)nc32)cc1. The molecule has 0 saturated heterocycles. The molecule has 0 atom stereocenters. The molecule has 124 valence electrons. The highest BCUT2D eigenvalue weighted by Crippen LogP contribution is 2.22. The quantitative estimate of drug-likeness (QED) is 0.596. The number of phenols is 1. The third kappa shape index (κ3) is 2.94. The molecule has 0 bridgehead atoms. The second kappa shape index (κ2) is 6.12. The summed E-state index contributed by atoms with van der Waals surface area (Å²) >= 11 is 0. The van der Waals surface area contributed by atoms with Crippen molar-refractivity contribution in [3.63, 3.8) is 0 Å². The molecular formula is C18H15N5O2. The number of hydrogen-bond acceptors (Lipinski definition) is 6. The number of nitrogens with one attached hydrogen (secondary N) is 1. The molecule has 25 heavy (non-hydrogen) atoms. The lowest BCUT2D eigenvalue weighted by molar-refractivity contribution is 0.414. The number of anilines is 2. The van der Waals surface area contributed by atoms with E-state index in [1.807, 2.05) is 30.3 Å². The van der Waals surface area contributed by atoms with E-state index in [1.54, 1.807) is 42.4 Å². The largest absolute Gasteiger partial charge is 0.508 e. The van der Waals surface area contributed by atoms with E-state index in [4.69, 9.17) is 4.74 Å². The normalized spacial score (nSPS) is 10.8. The van der Waals surface area contributed by atoms with Gasteiger partial charge in [-0.3, -0.25) is 0 Å². The van der Waals surface area contributed by atoms with Gasteiger partial charge in [0.05, 0.1) is 24.4 Å². The third-order valence-electron chi connectivity index (χ3n) is 3.73. The molecular weight excluding hydrogens is 318 g/mol. The zero-order chi connectivity index (χ0) is 17.2. The van der Waals surface area contributed by atoms with Crippen molar-refractivity contribution >= 4 is 22.7 Å². The molecule has 2 aromatic heterocycles. The van der Waals surface area contributed by atoms with E-state index in [0.717, 1.165) is 16.8 Å². The third-order valence-corrected chi connectivity index (χ3v) is 3.73. The molecule has 0 aliphatic rings. The number of rotatable bonds is 4. The Morgan fingerprint density at radius 2 is 1.92 bits per heavy atom. The van der Waals surface area contributed by atoms with E-state index in [0.29, 0.717) is 17.3 Å². The highest BCUT2D eigenvalue weighted by molar-refractivity contribution is 5.77. The minimum atomic E-state index is 0.175. The van der Waals surface area contributed by atoms with Gasteiger partial charge in [0.1, 0.15) is 11.5 Å². The zero-order valence-electron chi connectivity index (χ0n) is 13.4. The van der Waals surface area contributed by atoms with Crippen LogP contribution >= 0.6 is 0 Å². The molecule has 2 N–H and O–H groups in total. The van der Waals surface area contributed by atoms with Crippen LogP contribution in [0.25, 0.3) is 16.7 Å². The van der Waals surface area contributed by atoms with Crippen LogP contribution in [0.3, 0.4) is 0 Å². The minimum Gasteiger partial charge on any atom is -0.508 e. The van der Waals surface area contributed by atoms with E-state index in [-0.39, 0.29) is 5.75 Å². The summed E-state index contributed by atoms with van der Waals surface area (Å²) in [5.41, 5.74) is 2.26. The second-order valence-electron chi connectivity index (χ2n) is 5.40. The van der Waals surface area contributed by atoms with E-state index in [1.165, 1.54) is 0 Å². The van der Waals surface area contributed by atoms with Gasteiger partial charge in [-0.2, -0.15) is 10.1 Å². The number of hydrogen-bond donors (Lipinski definition) is 2. The Hall–Kier alpha value is -3.61. The molecule has 4 aromatic rings. The van der Waals surface area contributed by atoms with Gasteiger partial charge in [-0.1, -0.05) is 6.07 Å². The van der Waals surface area contributed by atoms with Crippen LogP contribution in [-0.2, 0) is 0 Å². The number of aromatic nitrogens is 4. The number of methoxy groups -OCH3 is 1. The number of fused-ring (bicyclic) bond motifs is 1. The summed E-state index contributed by atoms with van der Waals surface area (Å²) in [5.74, 6) is 1.38. The maximum absolute atomic E-state index is 9.56. The number of benzene rings is 2. The van der Waals surface area contributed by atoms with Crippen molar-refractivity contribution in [1.82, 2.24) is 19.7 Å². The Kier molecular flexibility index (Phi) is 3.66. The first kappa shape index (κ1) is 14.9. The van der Waals surface area contributed by atoms with Gasteiger partial charge >= 0.3 is 0 Å². The van der Waals surface area contributed by atoms with Crippen LogP contribution in [0.15, 0.2) is 60.9 Å². The fraction of sp³-hybridized carbons (Fsp3) is 0.0556. The van der Waals surface area contributed by atoms with Crippen LogP contribution in [0.2, 0.25) is 0 Å². The predicted octanol–water partition coefficient (Wildman–Crippen LogP) is 3.27. The van der Waals surface area contributed by atoms with Gasteiger partial charge in [-0.05, 0) is 36.4 Å². The van der Waals surface area contributed by atoms with E-state index in [9.17, 15) is 5.11 Å². The van der Waals surface area contributed by atoms with Crippen LogP contribution in [0.1, 0.15) is 0 Å². The first-order chi connectivity index (χ1) is 12.2. The summed E-state index contributed by atoms with van der Waals surface area (Å²) in [6, 6.07) is 14.4. The maximum atomic E-state index is 9.56.